The second-order valence-electron chi connectivity index (χ2n) is 7.32. The van der Waals surface area contributed by atoms with E-state index in [1.165, 1.54) is 7.11 Å². The van der Waals surface area contributed by atoms with Gasteiger partial charge in [-0.2, -0.15) is 0 Å². The first-order valence-corrected chi connectivity index (χ1v) is 11.0. The Bertz CT molecular complexity index is 809. The van der Waals surface area contributed by atoms with Crippen LogP contribution >= 0.6 is 7.60 Å². The van der Waals surface area contributed by atoms with Crippen LogP contribution in [0.2, 0.25) is 0 Å². The molecular weight excluding hydrogens is 377 g/mol. The van der Waals surface area contributed by atoms with Gasteiger partial charge in [0.2, 0.25) is 0 Å². The number of nitrogens with zero attached hydrogens (tertiary/aromatic N) is 1. The molecule has 1 aromatic heterocycles. The number of aryl methyl sites for hydroxylation is 1. The number of rotatable bonds is 9. The highest BCUT2D eigenvalue weighted by molar-refractivity contribution is 7.54. The molecule has 1 aromatic carbocycles. The Kier molecular flexibility index (Phi) is 7.64. The van der Waals surface area contributed by atoms with Crippen molar-refractivity contribution in [3.05, 3.63) is 53.3 Å². The number of hydrogen-bond donors (Lipinski definition) is 1. The molecule has 1 heterocycles. The molecule has 1 atom stereocenters. The molecule has 0 amide bonds. The summed E-state index contributed by atoms with van der Waals surface area (Å²) in [5, 5.41) is 10.2. The number of hydrogen-bond acceptors (Lipinski definition) is 6. The van der Waals surface area contributed by atoms with E-state index in [0.717, 1.165) is 11.1 Å². The molecule has 0 radical (unpaired) electrons. The number of phenolic OH excluding ortho intramolecular Hbond substituents is 1. The van der Waals surface area contributed by atoms with Gasteiger partial charge < -0.3 is 18.9 Å². The van der Waals surface area contributed by atoms with Gasteiger partial charge in [0.25, 0.3) is 0 Å². The van der Waals surface area contributed by atoms with E-state index < -0.39 is 13.3 Å². The molecule has 2 aromatic rings. The maximum Gasteiger partial charge on any atom is 0.338 e. The first kappa shape index (κ1) is 22.4. The number of aromatic hydroxyl groups is 1. The summed E-state index contributed by atoms with van der Waals surface area (Å²) in [5.74, 6) is 0.391. The fraction of sp³-hybridized carbons (Fsp3) is 0.476. The van der Waals surface area contributed by atoms with Crippen LogP contribution in [0.1, 0.15) is 50.0 Å². The van der Waals surface area contributed by atoms with Gasteiger partial charge >= 0.3 is 7.60 Å². The maximum atomic E-state index is 14.0. The third-order valence-electron chi connectivity index (χ3n) is 4.14. The molecular formula is C21H30NO5P. The van der Waals surface area contributed by atoms with Crippen LogP contribution in [0, 0.1) is 6.92 Å². The average molecular weight is 407 g/mol. The zero-order valence-corrected chi connectivity index (χ0v) is 18.3. The molecule has 0 bridgehead atoms. The van der Waals surface area contributed by atoms with Gasteiger partial charge in [0.05, 0.1) is 25.0 Å². The molecule has 0 saturated carbocycles. The van der Waals surface area contributed by atoms with Crippen molar-refractivity contribution in [2.24, 2.45) is 0 Å². The number of aromatic nitrogens is 1. The van der Waals surface area contributed by atoms with Crippen molar-refractivity contribution in [2.75, 3.05) is 7.11 Å². The molecule has 0 fully saturated rings. The Morgan fingerprint density at radius 1 is 1.14 bits per heavy atom. The van der Waals surface area contributed by atoms with Crippen LogP contribution in [-0.2, 0) is 20.0 Å². The molecule has 2 rings (SSSR count). The molecule has 7 heteroatoms. The minimum absolute atomic E-state index is 0.0655. The van der Waals surface area contributed by atoms with Gasteiger partial charge in [0.1, 0.15) is 0 Å². The predicted molar refractivity (Wildman–Crippen MR) is 110 cm³/mol. The quantitative estimate of drug-likeness (QED) is 0.559. The van der Waals surface area contributed by atoms with Crippen LogP contribution in [0.3, 0.4) is 0 Å². The van der Waals surface area contributed by atoms with Crippen LogP contribution in [0.4, 0.5) is 0 Å². The SMILES string of the molecule is COc1cc(C(Cc2cccnc2)P(=O)(OC(C)C)OC(C)C)cc(C)c1O. The highest BCUT2D eigenvalue weighted by Gasteiger charge is 2.40. The third kappa shape index (κ3) is 5.57. The van der Waals surface area contributed by atoms with Crippen molar-refractivity contribution in [1.29, 1.82) is 0 Å². The summed E-state index contributed by atoms with van der Waals surface area (Å²) >= 11 is 0. The molecule has 0 saturated heterocycles. The minimum Gasteiger partial charge on any atom is -0.504 e. The smallest absolute Gasteiger partial charge is 0.338 e. The number of pyridine rings is 1. The Hall–Kier alpha value is -1.88. The highest BCUT2D eigenvalue weighted by atomic mass is 31.2. The molecule has 1 N–H and O–H groups in total. The van der Waals surface area contributed by atoms with Gasteiger partial charge in [-0.25, -0.2) is 0 Å². The number of phenols is 1. The van der Waals surface area contributed by atoms with E-state index in [-0.39, 0.29) is 18.0 Å². The van der Waals surface area contributed by atoms with Crippen molar-refractivity contribution >= 4 is 7.60 Å². The van der Waals surface area contributed by atoms with E-state index in [0.29, 0.717) is 17.7 Å². The Morgan fingerprint density at radius 3 is 2.29 bits per heavy atom. The van der Waals surface area contributed by atoms with Gasteiger partial charge in [-0.1, -0.05) is 12.1 Å². The van der Waals surface area contributed by atoms with E-state index in [1.807, 2.05) is 39.8 Å². The van der Waals surface area contributed by atoms with Crippen molar-refractivity contribution in [3.63, 3.8) is 0 Å². The zero-order valence-electron chi connectivity index (χ0n) is 17.4. The van der Waals surface area contributed by atoms with Gasteiger partial charge in [0.15, 0.2) is 11.5 Å². The summed E-state index contributed by atoms with van der Waals surface area (Å²) in [7, 11) is -2.07. The summed E-state index contributed by atoms with van der Waals surface area (Å²) in [5.41, 5.74) is 1.69. The van der Waals surface area contributed by atoms with Crippen molar-refractivity contribution in [2.45, 2.75) is 58.9 Å². The average Bonchev–Trinajstić information content (AvgIpc) is 2.61. The second-order valence-corrected chi connectivity index (χ2v) is 9.44. The number of benzene rings is 1. The Labute approximate surface area is 167 Å². The van der Waals surface area contributed by atoms with E-state index in [4.69, 9.17) is 13.8 Å². The largest absolute Gasteiger partial charge is 0.504 e. The molecule has 6 nitrogen and oxygen atoms in total. The van der Waals surface area contributed by atoms with Crippen LogP contribution in [0.5, 0.6) is 11.5 Å². The van der Waals surface area contributed by atoms with Crippen LogP contribution in [-0.4, -0.2) is 29.4 Å². The Balaban J connectivity index is 2.61. The summed E-state index contributed by atoms with van der Waals surface area (Å²) in [4.78, 5) is 4.16. The van der Waals surface area contributed by atoms with Gasteiger partial charge in [-0.15, -0.1) is 0 Å². The van der Waals surface area contributed by atoms with Gasteiger partial charge in [-0.3, -0.25) is 9.55 Å². The van der Waals surface area contributed by atoms with Crippen molar-refractivity contribution in [3.8, 4) is 11.5 Å². The first-order chi connectivity index (χ1) is 13.2. The van der Waals surface area contributed by atoms with E-state index in [2.05, 4.69) is 4.98 Å². The standard InChI is InChI=1S/C21H30NO5P/c1-14(2)26-28(24,27-15(3)4)20(11-17-8-7-9-22-13-17)18-10-16(5)21(23)19(12-18)25-6/h7-10,12-15,20,23H,11H2,1-6H3. The van der Waals surface area contributed by atoms with Crippen molar-refractivity contribution < 1.29 is 23.5 Å². The Morgan fingerprint density at radius 2 is 1.79 bits per heavy atom. The summed E-state index contributed by atoms with van der Waals surface area (Å²) in [6.07, 6.45) is 3.30. The molecule has 28 heavy (non-hydrogen) atoms. The summed E-state index contributed by atoms with van der Waals surface area (Å²) in [6, 6.07) is 7.27. The summed E-state index contributed by atoms with van der Waals surface area (Å²) in [6.45, 7) is 9.11. The third-order valence-corrected chi connectivity index (χ3v) is 6.82. The molecule has 0 aliphatic carbocycles. The molecule has 1 unspecified atom stereocenters. The molecule has 0 aliphatic rings. The monoisotopic (exact) mass is 407 g/mol. The van der Waals surface area contributed by atoms with Crippen LogP contribution in [0.25, 0.3) is 0 Å². The van der Waals surface area contributed by atoms with Crippen LogP contribution in [0.15, 0.2) is 36.7 Å². The van der Waals surface area contributed by atoms with Crippen LogP contribution < -0.4 is 4.74 Å². The molecule has 154 valence electrons. The number of methoxy groups -OCH3 is 1. The van der Waals surface area contributed by atoms with Crippen molar-refractivity contribution in [1.82, 2.24) is 4.98 Å². The second kappa shape index (κ2) is 9.55. The molecule has 0 spiro atoms. The van der Waals surface area contributed by atoms with E-state index in [9.17, 15) is 9.67 Å². The van der Waals surface area contributed by atoms with E-state index >= 15 is 0 Å². The lowest BCUT2D eigenvalue weighted by molar-refractivity contribution is 0.136. The lowest BCUT2D eigenvalue weighted by Gasteiger charge is -2.30. The fourth-order valence-electron chi connectivity index (χ4n) is 3.04. The topological polar surface area (TPSA) is 77.9 Å². The maximum absolute atomic E-state index is 14.0. The number of ether oxygens (including phenoxy) is 1. The normalized spacial score (nSPS) is 13.1. The highest BCUT2D eigenvalue weighted by Crippen LogP contribution is 2.64. The lowest BCUT2D eigenvalue weighted by atomic mass is 10.0. The van der Waals surface area contributed by atoms with E-state index in [1.54, 1.807) is 31.5 Å². The summed E-state index contributed by atoms with van der Waals surface area (Å²) < 4.78 is 31.1. The zero-order chi connectivity index (χ0) is 20.9. The predicted octanol–water partition coefficient (Wildman–Crippen LogP) is 5.43. The first-order valence-electron chi connectivity index (χ1n) is 9.39. The molecule has 0 aliphatic heterocycles. The fourth-order valence-corrected chi connectivity index (χ4v) is 5.50. The lowest BCUT2D eigenvalue weighted by Crippen LogP contribution is -2.16. The van der Waals surface area contributed by atoms with Gasteiger partial charge in [-0.05, 0) is 69.9 Å². The van der Waals surface area contributed by atoms with Gasteiger partial charge in [0, 0.05) is 12.4 Å². The minimum atomic E-state index is -3.56.